The molecule has 0 radical (unpaired) electrons. The first-order valence-electron chi connectivity index (χ1n) is 9.45. The van der Waals surface area contributed by atoms with E-state index in [-0.39, 0.29) is 5.92 Å². The molecule has 25 heavy (non-hydrogen) atoms. The summed E-state index contributed by atoms with van der Waals surface area (Å²) in [6.07, 6.45) is 6.44. The van der Waals surface area contributed by atoms with Gasteiger partial charge in [-0.1, -0.05) is 6.07 Å². The van der Waals surface area contributed by atoms with Crippen molar-refractivity contribution in [2.24, 2.45) is 5.92 Å². The van der Waals surface area contributed by atoms with Crippen LogP contribution in [0.4, 0.5) is 0 Å². The number of hydrogen-bond acceptors (Lipinski definition) is 4. The summed E-state index contributed by atoms with van der Waals surface area (Å²) in [4.78, 5) is 15.0. The van der Waals surface area contributed by atoms with Crippen LogP contribution in [0.2, 0.25) is 0 Å². The Morgan fingerprint density at radius 1 is 1.20 bits per heavy atom. The standard InChI is InChI=1S/C20H30N2O3/c1-24-18-9-7-15(13-19(18)25-2)6-8-17-5-3-4-12-22(17)20(23)16-10-11-21-14-16/h7,9,13,16-17,21H,3-6,8,10-12,14H2,1-2H3/t16-,17+/m0/s1. The lowest BCUT2D eigenvalue weighted by molar-refractivity contribution is -0.138. The molecule has 0 aliphatic carbocycles. The van der Waals surface area contributed by atoms with Gasteiger partial charge in [0.1, 0.15) is 0 Å². The summed E-state index contributed by atoms with van der Waals surface area (Å²) in [7, 11) is 3.32. The van der Waals surface area contributed by atoms with E-state index in [1.165, 1.54) is 12.0 Å². The molecule has 1 aromatic carbocycles. The van der Waals surface area contributed by atoms with Crippen molar-refractivity contribution in [2.75, 3.05) is 33.9 Å². The van der Waals surface area contributed by atoms with E-state index in [4.69, 9.17) is 9.47 Å². The van der Waals surface area contributed by atoms with E-state index < -0.39 is 0 Å². The average molecular weight is 346 g/mol. The molecule has 138 valence electrons. The minimum atomic E-state index is 0.182. The van der Waals surface area contributed by atoms with Crippen molar-refractivity contribution >= 4 is 5.91 Å². The molecule has 2 aliphatic heterocycles. The van der Waals surface area contributed by atoms with Crippen LogP contribution in [0.25, 0.3) is 0 Å². The molecule has 0 bridgehead atoms. The minimum absolute atomic E-state index is 0.182. The summed E-state index contributed by atoms with van der Waals surface area (Å²) in [6, 6.07) is 6.48. The van der Waals surface area contributed by atoms with Crippen LogP contribution in [0.1, 0.15) is 37.7 Å². The molecule has 1 aromatic rings. The fourth-order valence-electron chi connectivity index (χ4n) is 4.06. The zero-order valence-electron chi connectivity index (χ0n) is 15.4. The lowest BCUT2D eigenvalue weighted by Crippen LogP contribution is -2.47. The van der Waals surface area contributed by atoms with Crippen molar-refractivity contribution < 1.29 is 14.3 Å². The summed E-state index contributed by atoms with van der Waals surface area (Å²) in [5, 5.41) is 3.32. The number of carbonyl (C=O) groups excluding carboxylic acids is 1. The molecule has 5 heteroatoms. The fourth-order valence-corrected chi connectivity index (χ4v) is 4.06. The van der Waals surface area contributed by atoms with Gasteiger partial charge in [-0.05, 0) is 62.8 Å². The monoisotopic (exact) mass is 346 g/mol. The van der Waals surface area contributed by atoms with Crippen LogP contribution >= 0.6 is 0 Å². The average Bonchev–Trinajstić information content (AvgIpc) is 3.20. The molecular weight excluding hydrogens is 316 g/mol. The number of rotatable bonds is 6. The van der Waals surface area contributed by atoms with Gasteiger partial charge in [0.2, 0.25) is 5.91 Å². The number of nitrogens with zero attached hydrogens (tertiary/aromatic N) is 1. The van der Waals surface area contributed by atoms with Crippen molar-refractivity contribution in [3.8, 4) is 11.5 Å². The zero-order chi connectivity index (χ0) is 17.6. The second kappa shape index (κ2) is 8.56. The summed E-state index contributed by atoms with van der Waals surface area (Å²) < 4.78 is 10.7. The van der Waals surface area contributed by atoms with Crippen LogP contribution in [0.15, 0.2) is 18.2 Å². The van der Waals surface area contributed by atoms with Crippen LogP contribution in [0.3, 0.4) is 0 Å². The van der Waals surface area contributed by atoms with Crippen LogP contribution in [-0.2, 0) is 11.2 Å². The van der Waals surface area contributed by atoms with Gasteiger partial charge in [-0.25, -0.2) is 0 Å². The van der Waals surface area contributed by atoms with Gasteiger partial charge >= 0.3 is 0 Å². The summed E-state index contributed by atoms with van der Waals surface area (Å²) in [5.41, 5.74) is 1.23. The molecule has 2 aliphatic rings. The van der Waals surface area contributed by atoms with E-state index in [0.29, 0.717) is 11.9 Å². The molecular formula is C20H30N2O3. The van der Waals surface area contributed by atoms with Crippen LogP contribution < -0.4 is 14.8 Å². The Bertz CT molecular complexity index is 584. The Morgan fingerprint density at radius 2 is 2.04 bits per heavy atom. The minimum Gasteiger partial charge on any atom is -0.493 e. The normalized spacial score (nSPS) is 23.5. The van der Waals surface area contributed by atoms with Crippen LogP contribution in [0, 0.1) is 5.92 Å². The van der Waals surface area contributed by atoms with Gasteiger partial charge in [0.05, 0.1) is 20.1 Å². The van der Waals surface area contributed by atoms with E-state index in [9.17, 15) is 4.79 Å². The molecule has 2 heterocycles. The third-order valence-corrected chi connectivity index (χ3v) is 5.53. The Balaban J connectivity index is 1.62. The molecule has 0 unspecified atom stereocenters. The zero-order valence-corrected chi connectivity index (χ0v) is 15.4. The smallest absolute Gasteiger partial charge is 0.227 e. The number of likely N-dealkylation sites (tertiary alicyclic amines) is 1. The molecule has 3 rings (SSSR count). The first-order chi connectivity index (χ1) is 12.2. The highest BCUT2D eigenvalue weighted by Crippen LogP contribution is 2.29. The largest absolute Gasteiger partial charge is 0.493 e. The highest BCUT2D eigenvalue weighted by molar-refractivity contribution is 5.79. The summed E-state index contributed by atoms with van der Waals surface area (Å²) in [6.45, 7) is 2.74. The van der Waals surface area contributed by atoms with E-state index in [2.05, 4.69) is 22.3 Å². The second-order valence-electron chi connectivity index (χ2n) is 7.10. The number of carbonyl (C=O) groups is 1. The van der Waals surface area contributed by atoms with Gasteiger partial charge in [0.15, 0.2) is 11.5 Å². The van der Waals surface area contributed by atoms with Gasteiger partial charge in [0.25, 0.3) is 0 Å². The maximum atomic E-state index is 12.9. The topological polar surface area (TPSA) is 50.8 Å². The molecule has 2 fully saturated rings. The number of aryl methyl sites for hydroxylation is 1. The van der Waals surface area contributed by atoms with E-state index in [1.807, 2.05) is 6.07 Å². The van der Waals surface area contributed by atoms with Crippen LogP contribution in [0.5, 0.6) is 11.5 Å². The lowest BCUT2D eigenvalue weighted by Gasteiger charge is -2.37. The van der Waals surface area contributed by atoms with Gasteiger partial charge in [-0.2, -0.15) is 0 Å². The predicted octanol–water partition coefficient (Wildman–Crippen LogP) is 2.63. The third-order valence-electron chi connectivity index (χ3n) is 5.53. The third kappa shape index (κ3) is 4.27. The van der Waals surface area contributed by atoms with Gasteiger partial charge in [0, 0.05) is 19.1 Å². The Kier molecular flexibility index (Phi) is 6.19. The number of amides is 1. The predicted molar refractivity (Wildman–Crippen MR) is 98.2 cm³/mol. The lowest BCUT2D eigenvalue weighted by atomic mass is 9.94. The highest BCUT2D eigenvalue weighted by Gasteiger charge is 2.32. The second-order valence-corrected chi connectivity index (χ2v) is 7.10. The Hall–Kier alpha value is -1.75. The number of piperidine rings is 1. The van der Waals surface area contributed by atoms with Gasteiger partial charge in [-0.3, -0.25) is 4.79 Å². The quantitative estimate of drug-likeness (QED) is 0.860. The SMILES string of the molecule is COc1ccc(CC[C@H]2CCCCN2C(=O)[C@H]2CCNC2)cc1OC. The van der Waals surface area contributed by atoms with Gasteiger partial charge < -0.3 is 19.7 Å². The number of ether oxygens (including phenoxy) is 2. The molecule has 0 spiro atoms. The molecule has 0 saturated carbocycles. The molecule has 1 amide bonds. The van der Waals surface area contributed by atoms with Crippen molar-refractivity contribution in [1.82, 2.24) is 10.2 Å². The molecule has 2 atom stereocenters. The number of benzene rings is 1. The summed E-state index contributed by atoms with van der Waals surface area (Å²) in [5.74, 6) is 2.08. The van der Waals surface area contributed by atoms with Crippen molar-refractivity contribution in [3.05, 3.63) is 23.8 Å². The molecule has 1 N–H and O–H groups in total. The maximum Gasteiger partial charge on any atom is 0.227 e. The van der Waals surface area contributed by atoms with Crippen molar-refractivity contribution in [3.63, 3.8) is 0 Å². The van der Waals surface area contributed by atoms with Crippen molar-refractivity contribution in [2.45, 2.75) is 44.6 Å². The highest BCUT2D eigenvalue weighted by atomic mass is 16.5. The first-order valence-corrected chi connectivity index (χ1v) is 9.45. The van der Waals surface area contributed by atoms with Crippen molar-refractivity contribution in [1.29, 1.82) is 0 Å². The van der Waals surface area contributed by atoms with E-state index in [1.54, 1.807) is 14.2 Å². The fraction of sp³-hybridized carbons (Fsp3) is 0.650. The van der Waals surface area contributed by atoms with E-state index >= 15 is 0 Å². The van der Waals surface area contributed by atoms with Crippen LogP contribution in [-0.4, -0.2) is 50.7 Å². The number of hydrogen-bond donors (Lipinski definition) is 1. The number of methoxy groups -OCH3 is 2. The van der Waals surface area contributed by atoms with E-state index in [0.717, 1.165) is 63.2 Å². The Morgan fingerprint density at radius 3 is 2.76 bits per heavy atom. The summed E-state index contributed by atoms with van der Waals surface area (Å²) >= 11 is 0. The molecule has 5 nitrogen and oxygen atoms in total. The Labute approximate surface area is 150 Å². The maximum absolute atomic E-state index is 12.9. The number of nitrogens with one attached hydrogen (secondary N) is 1. The molecule has 0 aromatic heterocycles. The van der Waals surface area contributed by atoms with Gasteiger partial charge in [-0.15, -0.1) is 0 Å². The molecule has 2 saturated heterocycles. The first kappa shape index (κ1) is 18.1.